The monoisotopic (exact) mass is 890 g/mol. The van der Waals surface area contributed by atoms with Crippen molar-refractivity contribution < 1.29 is 69.8 Å². The summed E-state index contributed by atoms with van der Waals surface area (Å²) in [6.45, 7) is 8.70. The van der Waals surface area contributed by atoms with E-state index in [2.05, 4.69) is 0 Å². The number of fused-ring (bicyclic) bond motifs is 2. The summed E-state index contributed by atoms with van der Waals surface area (Å²) in [5.41, 5.74) is 6.13. The van der Waals surface area contributed by atoms with Gasteiger partial charge in [-0.05, 0) is 39.0 Å². The van der Waals surface area contributed by atoms with Crippen LogP contribution < -0.4 is 5.73 Å². The minimum atomic E-state index is -2.05. The second-order valence-corrected chi connectivity index (χ2v) is 17.9. The Morgan fingerprint density at radius 1 is 0.635 bits per heavy atom. The Morgan fingerprint density at radius 3 is 1.78 bits per heavy atom. The fourth-order valence-electron chi connectivity index (χ4n) is 8.17. The van der Waals surface area contributed by atoms with Crippen molar-refractivity contribution in [1.29, 1.82) is 0 Å². The van der Waals surface area contributed by atoms with Crippen LogP contribution in [-0.4, -0.2) is 143 Å². The third-order valence-electron chi connectivity index (χ3n) is 12.5. The number of nitrogens with two attached hydrogens (primary N) is 1. The summed E-state index contributed by atoms with van der Waals surface area (Å²) in [6.07, 6.45) is 11.5. The fourth-order valence-corrected chi connectivity index (χ4v) is 8.17. The summed E-state index contributed by atoms with van der Waals surface area (Å²) in [5.74, 6) is -4.74. The Labute approximate surface area is 372 Å². The van der Waals surface area contributed by atoms with Crippen molar-refractivity contribution in [2.75, 3.05) is 0 Å². The van der Waals surface area contributed by atoms with Crippen molar-refractivity contribution in [3.8, 4) is 0 Å². The maximum Gasteiger partial charge on any atom is 0.308 e. The molecule has 0 aromatic rings. The van der Waals surface area contributed by atoms with E-state index in [0.29, 0.717) is 0 Å². The molecule has 18 atom stereocenters. The van der Waals surface area contributed by atoms with Crippen LogP contribution in [0.25, 0.3) is 0 Å². The Hall–Kier alpha value is -3.16. The van der Waals surface area contributed by atoms with Gasteiger partial charge in [0.25, 0.3) is 0 Å². The van der Waals surface area contributed by atoms with E-state index < -0.39 is 122 Å². The molecule has 0 aromatic carbocycles. The molecule has 2 saturated heterocycles. The van der Waals surface area contributed by atoms with Crippen LogP contribution in [0.3, 0.4) is 0 Å². The molecule has 15 nitrogen and oxygen atoms in total. The van der Waals surface area contributed by atoms with Gasteiger partial charge < -0.3 is 65.9 Å². The third-order valence-corrected chi connectivity index (χ3v) is 12.5. The normalized spacial score (nSPS) is 45.5. The summed E-state index contributed by atoms with van der Waals surface area (Å²) in [5, 5.41) is 97.6. The zero-order valence-electron chi connectivity index (χ0n) is 37.4. The molecule has 0 aromatic heterocycles. The summed E-state index contributed by atoms with van der Waals surface area (Å²) in [4.78, 5) is 25.3. The van der Waals surface area contributed by atoms with Crippen LogP contribution in [0.4, 0.5) is 0 Å². The van der Waals surface area contributed by atoms with E-state index in [1.807, 2.05) is 92.0 Å². The Bertz CT molecular complexity index is 1610. The highest BCUT2D eigenvalue weighted by Gasteiger charge is 2.47. The first-order valence-corrected chi connectivity index (χ1v) is 22.4. The molecule has 2 bridgehead atoms. The van der Waals surface area contributed by atoms with Gasteiger partial charge in [-0.25, -0.2) is 0 Å². The van der Waals surface area contributed by atoms with Gasteiger partial charge in [-0.15, -0.1) is 0 Å². The van der Waals surface area contributed by atoms with Gasteiger partial charge >= 0.3 is 5.97 Å². The van der Waals surface area contributed by atoms with Crippen LogP contribution in [0.5, 0.6) is 0 Å². The first kappa shape index (κ1) is 54.2. The number of Topliss-reactive ketones (excluding diaryl/α,β-unsaturated/α-hetero) is 1. The van der Waals surface area contributed by atoms with Crippen LogP contribution in [0.15, 0.2) is 85.1 Å². The van der Waals surface area contributed by atoms with Gasteiger partial charge in [0.2, 0.25) is 0 Å². The number of carbonyl (C=O) groups excluding carboxylic acids is 2. The molecule has 3 aliphatic heterocycles. The zero-order valence-corrected chi connectivity index (χ0v) is 37.4. The number of aliphatic hydroxyl groups is 9. The highest BCUT2D eigenvalue weighted by molar-refractivity contribution is 5.78. The van der Waals surface area contributed by atoms with Crippen molar-refractivity contribution in [3.05, 3.63) is 85.1 Å². The number of ether oxygens (including phenoxy) is 3. The molecule has 0 amide bonds. The average molecular weight is 890 g/mol. The van der Waals surface area contributed by atoms with Crippen LogP contribution in [0.1, 0.15) is 92.4 Å². The van der Waals surface area contributed by atoms with Gasteiger partial charge in [0.1, 0.15) is 11.9 Å². The minimum absolute atomic E-state index is 0.213. The van der Waals surface area contributed by atoms with Gasteiger partial charge in [-0.2, -0.15) is 0 Å². The van der Waals surface area contributed by atoms with Crippen molar-refractivity contribution in [1.82, 2.24) is 0 Å². The molecular weight excluding hydrogens is 815 g/mol. The Morgan fingerprint density at radius 2 is 1.17 bits per heavy atom. The SMILES string of the molecule is CC1OC(C[C@H]2/C=C/C=C/C=C/C=C/C=C/C=C/C=C/[C@H](C)[C@@H](O)[C@@H](C)[C@H](C)OC(=O)C[C@H](O)CC(O)CC(=O)CC[C@@H](O)[C@H](O)C[C@]3(O)C[C@H](O)[C@@H](C)C(C2)O3)C(O)C(N)C1O. The van der Waals surface area contributed by atoms with Gasteiger partial charge in [0.15, 0.2) is 5.79 Å². The maximum atomic E-state index is 12.7. The molecule has 3 rings (SSSR count). The van der Waals surface area contributed by atoms with Gasteiger partial charge in [-0.3, -0.25) is 9.59 Å². The lowest BCUT2D eigenvalue weighted by Crippen LogP contribution is -2.60. The van der Waals surface area contributed by atoms with Gasteiger partial charge in [-0.1, -0.05) is 106 Å². The van der Waals surface area contributed by atoms with Crippen molar-refractivity contribution in [2.24, 2.45) is 29.4 Å². The summed E-state index contributed by atoms with van der Waals surface area (Å²) in [6, 6.07) is -0.931. The number of hydrogen-bond donors (Lipinski definition) is 10. The van der Waals surface area contributed by atoms with E-state index in [-0.39, 0.29) is 56.8 Å². The number of cyclic esters (lactones) is 1. The highest BCUT2D eigenvalue weighted by Crippen LogP contribution is 2.39. The van der Waals surface area contributed by atoms with Crippen LogP contribution in [0.2, 0.25) is 0 Å². The summed E-state index contributed by atoms with van der Waals surface area (Å²) in [7, 11) is 0. The molecule has 0 radical (unpaired) electrons. The van der Waals surface area contributed by atoms with E-state index in [1.54, 1.807) is 27.7 Å². The molecule has 3 heterocycles. The second-order valence-electron chi connectivity index (χ2n) is 17.9. The Kier molecular flexibility index (Phi) is 23.0. The minimum Gasteiger partial charge on any atom is -0.462 e. The quantitative estimate of drug-likeness (QED) is 0.179. The number of allylic oxidation sites excluding steroid dienone is 13. The molecule has 0 aliphatic carbocycles. The van der Waals surface area contributed by atoms with Crippen LogP contribution in [-0.2, 0) is 23.8 Å². The van der Waals surface area contributed by atoms with E-state index in [1.165, 1.54) is 0 Å². The lowest BCUT2D eigenvalue weighted by atomic mass is 9.80. The lowest BCUT2D eigenvalue weighted by molar-refractivity contribution is -0.302. The molecule has 356 valence electrons. The standard InChI is InChI=1S/C48H75NO14/c1-29-18-16-14-12-10-8-6-7-9-11-13-15-17-19-34(23-42-47(59)44(49)46(58)33(5)61-42)22-41-31(3)39(54)27-48(60,63-41)28-40(55)38(53)21-20-35(50)24-36(51)25-37(52)26-43(56)62-32(4)30(2)45(29)57/h6-19,29-34,36-42,44-47,51-55,57-60H,20-28,49H2,1-5H3/b7-6+,10-8+,11-9+,14-12+,15-13+,18-16+,19-17+/t29-,30-,31+,32-,33?,34-,36?,37+,38+,39-,40+,41?,42?,44?,45+,46?,47?,48-/m0/s1. The summed E-state index contributed by atoms with van der Waals surface area (Å²) >= 11 is 0. The number of rotatable bonds is 2. The molecule has 2 fully saturated rings. The average Bonchev–Trinajstić information content (AvgIpc) is 3.21. The largest absolute Gasteiger partial charge is 0.462 e. The van der Waals surface area contributed by atoms with E-state index in [9.17, 15) is 55.5 Å². The first-order valence-electron chi connectivity index (χ1n) is 22.4. The van der Waals surface area contributed by atoms with Crippen LogP contribution >= 0.6 is 0 Å². The van der Waals surface area contributed by atoms with E-state index >= 15 is 0 Å². The molecule has 3 aliphatic rings. The molecule has 7 unspecified atom stereocenters. The van der Waals surface area contributed by atoms with Gasteiger partial charge in [0.05, 0.1) is 79.6 Å². The second kappa shape index (κ2) is 26.7. The van der Waals surface area contributed by atoms with E-state index in [0.717, 1.165) is 0 Å². The fraction of sp³-hybridized carbons (Fsp3) is 0.667. The molecular formula is C48H75NO14. The highest BCUT2D eigenvalue weighted by atomic mass is 16.6. The van der Waals surface area contributed by atoms with Gasteiger partial charge in [0, 0.05) is 49.9 Å². The zero-order chi connectivity index (χ0) is 46.9. The smallest absolute Gasteiger partial charge is 0.308 e. The topological polar surface area (TPSA) is 270 Å². The first-order chi connectivity index (χ1) is 29.7. The molecule has 15 heteroatoms. The Balaban J connectivity index is 1.81. The number of hydrogen-bond acceptors (Lipinski definition) is 15. The molecule has 0 saturated carbocycles. The predicted molar refractivity (Wildman–Crippen MR) is 237 cm³/mol. The maximum absolute atomic E-state index is 12.7. The van der Waals surface area contributed by atoms with Crippen molar-refractivity contribution in [3.63, 3.8) is 0 Å². The molecule has 11 N–H and O–H groups in total. The number of carbonyl (C=O) groups is 2. The van der Waals surface area contributed by atoms with E-state index in [4.69, 9.17) is 19.9 Å². The van der Waals surface area contributed by atoms with Crippen LogP contribution in [0, 0.1) is 23.7 Å². The number of ketones is 1. The molecule has 63 heavy (non-hydrogen) atoms. The molecule has 0 spiro atoms. The summed E-state index contributed by atoms with van der Waals surface area (Å²) < 4.78 is 17.6. The lowest BCUT2D eigenvalue weighted by Gasteiger charge is -2.46. The van der Waals surface area contributed by atoms with Crippen molar-refractivity contribution >= 4 is 11.8 Å². The number of aliphatic hydroxyl groups excluding tert-OH is 8. The number of esters is 1. The van der Waals surface area contributed by atoms with Crippen molar-refractivity contribution in [2.45, 2.75) is 177 Å². The third kappa shape index (κ3) is 18.3. The predicted octanol–water partition coefficient (Wildman–Crippen LogP) is 2.52.